The van der Waals surface area contributed by atoms with Gasteiger partial charge in [-0.3, -0.25) is 14.5 Å². The van der Waals surface area contributed by atoms with E-state index in [-0.39, 0.29) is 17.5 Å². The molecule has 0 saturated carbocycles. The first-order valence-electron chi connectivity index (χ1n) is 8.42. The second-order valence-corrected chi connectivity index (χ2v) is 6.55. The summed E-state index contributed by atoms with van der Waals surface area (Å²) < 4.78 is 15.2. The van der Waals surface area contributed by atoms with Gasteiger partial charge in [0.2, 0.25) is 5.82 Å². The number of aromatic nitrogens is 6. The number of carbonyl (C=O) groups is 1. The maximum absolute atomic E-state index is 13.7. The van der Waals surface area contributed by atoms with E-state index >= 15 is 0 Å². The summed E-state index contributed by atoms with van der Waals surface area (Å²) in [6.45, 7) is 3.03. The van der Waals surface area contributed by atoms with Crippen LogP contribution in [0.5, 0.6) is 0 Å². The van der Waals surface area contributed by atoms with Crippen molar-refractivity contribution in [2.45, 2.75) is 19.8 Å². The van der Waals surface area contributed by atoms with Crippen LogP contribution in [-0.2, 0) is 6.42 Å². The zero-order chi connectivity index (χ0) is 18.1. The molecular formula is C17H18FN7O. The Morgan fingerprint density at radius 1 is 1.35 bits per heavy atom. The van der Waals surface area contributed by atoms with Crippen molar-refractivity contribution in [3.8, 4) is 5.95 Å². The Morgan fingerprint density at radius 3 is 2.92 bits per heavy atom. The Hall–Kier alpha value is -3.10. The number of carbonyl (C=O) groups excluding carboxylic acids is 1. The van der Waals surface area contributed by atoms with Crippen molar-refractivity contribution in [2.75, 3.05) is 13.1 Å². The van der Waals surface area contributed by atoms with Gasteiger partial charge < -0.3 is 4.90 Å². The van der Waals surface area contributed by atoms with Gasteiger partial charge in [-0.15, -0.1) is 15.3 Å². The van der Waals surface area contributed by atoms with E-state index in [1.165, 1.54) is 17.2 Å². The van der Waals surface area contributed by atoms with E-state index in [2.05, 4.69) is 25.4 Å². The van der Waals surface area contributed by atoms with Gasteiger partial charge >= 0.3 is 0 Å². The summed E-state index contributed by atoms with van der Waals surface area (Å²) in [6.07, 6.45) is 4.56. The van der Waals surface area contributed by atoms with Gasteiger partial charge in [-0.05, 0) is 42.9 Å². The monoisotopic (exact) mass is 355 g/mol. The highest BCUT2D eigenvalue weighted by Gasteiger charge is 2.29. The van der Waals surface area contributed by atoms with Crippen LogP contribution < -0.4 is 0 Å². The number of nitrogens with zero attached hydrogens (tertiary/aromatic N) is 6. The lowest BCUT2D eigenvalue weighted by Crippen LogP contribution is -2.29. The Kier molecular flexibility index (Phi) is 4.19. The van der Waals surface area contributed by atoms with Gasteiger partial charge in [0.15, 0.2) is 0 Å². The molecule has 0 aliphatic carbocycles. The smallest absolute Gasteiger partial charge is 0.291 e. The molecule has 1 aromatic carbocycles. The number of likely N-dealkylation sites (tertiary alicyclic amines) is 1. The van der Waals surface area contributed by atoms with E-state index < -0.39 is 0 Å². The maximum Gasteiger partial charge on any atom is 0.291 e. The molecule has 9 heteroatoms. The van der Waals surface area contributed by atoms with E-state index in [0.29, 0.717) is 30.5 Å². The average molecular weight is 355 g/mol. The van der Waals surface area contributed by atoms with E-state index in [1.807, 2.05) is 6.07 Å². The summed E-state index contributed by atoms with van der Waals surface area (Å²) in [5, 5.41) is 14.1. The molecule has 8 nitrogen and oxygen atoms in total. The number of aryl methyl sites for hydroxylation is 1. The lowest BCUT2D eigenvalue weighted by molar-refractivity contribution is 0.0775. The van der Waals surface area contributed by atoms with Crippen LogP contribution in [0.3, 0.4) is 0 Å². The highest BCUT2D eigenvalue weighted by Crippen LogP contribution is 2.23. The SMILES string of the molecule is Cc1ccc(CC2CCN(C(=O)c3nc(-n4cnnc4)n[nH]3)C2)cc1F. The Labute approximate surface area is 149 Å². The Balaban J connectivity index is 1.40. The summed E-state index contributed by atoms with van der Waals surface area (Å²) >= 11 is 0. The highest BCUT2D eigenvalue weighted by molar-refractivity contribution is 5.90. The summed E-state index contributed by atoms with van der Waals surface area (Å²) in [6, 6.07) is 5.33. The van der Waals surface area contributed by atoms with Crippen molar-refractivity contribution in [2.24, 2.45) is 5.92 Å². The first-order chi connectivity index (χ1) is 12.6. The third kappa shape index (κ3) is 3.19. The van der Waals surface area contributed by atoms with Gasteiger partial charge in [0.1, 0.15) is 18.5 Å². The van der Waals surface area contributed by atoms with Crippen LogP contribution in [0, 0.1) is 18.7 Å². The van der Waals surface area contributed by atoms with Crippen molar-refractivity contribution >= 4 is 5.91 Å². The van der Waals surface area contributed by atoms with Gasteiger partial charge in [0, 0.05) is 13.1 Å². The predicted molar refractivity (Wildman–Crippen MR) is 90.2 cm³/mol. The first kappa shape index (κ1) is 16.4. The molecule has 134 valence electrons. The lowest BCUT2D eigenvalue weighted by atomic mass is 9.98. The standard InChI is InChI=1S/C17H18FN7O/c1-11-2-3-12(7-14(11)18)6-13-4-5-24(8-13)16(26)15-21-17(23-22-15)25-9-19-20-10-25/h2-3,7,9-10,13H,4-6,8H2,1H3,(H,21,22,23). The number of halogens is 1. The second kappa shape index (κ2) is 6.66. The third-order valence-electron chi connectivity index (χ3n) is 4.66. The van der Waals surface area contributed by atoms with E-state index in [1.54, 1.807) is 24.0 Å². The number of hydrogen-bond acceptors (Lipinski definition) is 5. The topological polar surface area (TPSA) is 92.6 Å². The summed E-state index contributed by atoms with van der Waals surface area (Å²) in [4.78, 5) is 18.6. The molecule has 1 aliphatic heterocycles. The highest BCUT2D eigenvalue weighted by atomic mass is 19.1. The van der Waals surface area contributed by atoms with Crippen molar-refractivity contribution in [3.63, 3.8) is 0 Å². The summed E-state index contributed by atoms with van der Waals surface area (Å²) in [5.41, 5.74) is 1.60. The van der Waals surface area contributed by atoms with Crippen LogP contribution in [0.1, 0.15) is 28.2 Å². The molecule has 1 saturated heterocycles. The zero-order valence-electron chi connectivity index (χ0n) is 14.3. The minimum atomic E-state index is -0.186. The molecule has 1 N–H and O–H groups in total. The molecule has 3 aromatic rings. The molecule has 1 atom stereocenters. The molecular weight excluding hydrogens is 337 g/mol. The molecule has 4 rings (SSSR count). The minimum Gasteiger partial charge on any atom is -0.336 e. The van der Waals surface area contributed by atoms with Crippen LogP contribution in [-0.4, -0.2) is 53.8 Å². The largest absolute Gasteiger partial charge is 0.336 e. The van der Waals surface area contributed by atoms with Crippen LogP contribution in [0.4, 0.5) is 4.39 Å². The number of benzene rings is 1. The average Bonchev–Trinajstić information content (AvgIpc) is 3.38. The van der Waals surface area contributed by atoms with Crippen molar-refractivity contribution in [1.29, 1.82) is 0 Å². The fourth-order valence-electron chi connectivity index (χ4n) is 3.20. The lowest BCUT2D eigenvalue weighted by Gasteiger charge is -2.15. The number of aromatic amines is 1. The quantitative estimate of drug-likeness (QED) is 0.766. The van der Waals surface area contributed by atoms with E-state index in [9.17, 15) is 9.18 Å². The molecule has 1 amide bonds. The first-order valence-corrected chi connectivity index (χ1v) is 8.42. The van der Waals surface area contributed by atoms with Crippen LogP contribution in [0.25, 0.3) is 5.95 Å². The van der Waals surface area contributed by atoms with E-state index in [4.69, 9.17) is 0 Å². The third-order valence-corrected chi connectivity index (χ3v) is 4.66. The van der Waals surface area contributed by atoms with Gasteiger partial charge in [0.25, 0.3) is 11.9 Å². The fourth-order valence-corrected chi connectivity index (χ4v) is 3.20. The number of hydrogen-bond donors (Lipinski definition) is 1. The predicted octanol–water partition coefficient (Wildman–Crippen LogP) is 1.54. The molecule has 2 aromatic heterocycles. The van der Waals surface area contributed by atoms with Gasteiger partial charge in [-0.1, -0.05) is 12.1 Å². The molecule has 1 aliphatic rings. The zero-order valence-corrected chi connectivity index (χ0v) is 14.3. The Bertz CT molecular complexity index is 921. The number of rotatable bonds is 4. The van der Waals surface area contributed by atoms with Gasteiger partial charge in [-0.2, -0.15) is 4.98 Å². The molecule has 1 unspecified atom stereocenters. The van der Waals surface area contributed by atoms with Crippen LogP contribution >= 0.6 is 0 Å². The van der Waals surface area contributed by atoms with Crippen LogP contribution in [0.2, 0.25) is 0 Å². The molecule has 1 fully saturated rings. The van der Waals surface area contributed by atoms with Crippen molar-refractivity contribution in [3.05, 3.63) is 53.6 Å². The van der Waals surface area contributed by atoms with Gasteiger partial charge in [-0.25, -0.2) is 4.39 Å². The number of amides is 1. The van der Waals surface area contributed by atoms with Crippen LogP contribution in [0.15, 0.2) is 30.9 Å². The molecule has 0 radical (unpaired) electrons. The second-order valence-electron chi connectivity index (χ2n) is 6.55. The fraction of sp³-hybridized carbons (Fsp3) is 0.353. The summed E-state index contributed by atoms with van der Waals surface area (Å²) in [5.74, 6) is 0.451. The minimum absolute atomic E-state index is 0.184. The molecule has 3 heterocycles. The number of H-pyrrole nitrogens is 1. The van der Waals surface area contributed by atoms with E-state index in [0.717, 1.165) is 18.4 Å². The molecule has 0 bridgehead atoms. The Morgan fingerprint density at radius 2 is 2.15 bits per heavy atom. The normalized spacial score (nSPS) is 17.0. The molecule has 0 spiro atoms. The summed E-state index contributed by atoms with van der Waals surface area (Å²) in [7, 11) is 0. The maximum atomic E-state index is 13.7. The van der Waals surface area contributed by atoms with Crippen molar-refractivity contribution in [1.82, 2.24) is 34.8 Å². The number of nitrogens with one attached hydrogen (secondary N) is 1. The van der Waals surface area contributed by atoms with Gasteiger partial charge in [0.05, 0.1) is 0 Å². The molecule has 26 heavy (non-hydrogen) atoms. The van der Waals surface area contributed by atoms with Crippen molar-refractivity contribution < 1.29 is 9.18 Å².